The van der Waals surface area contributed by atoms with Crippen molar-refractivity contribution >= 4 is 0 Å². The fourth-order valence-corrected chi connectivity index (χ4v) is 0.144. The third kappa shape index (κ3) is 0.576. The van der Waals surface area contributed by atoms with Gasteiger partial charge in [0.05, 0.1) is 6.61 Å². The van der Waals surface area contributed by atoms with Crippen LogP contribution >= 0.6 is 0 Å². The lowest BCUT2D eigenvalue weighted by Crippen LogP contribution is -2.24. The highest BCUT2D eigenvalue weighted by atomic mass is 16.6. The van der Waals surface area contributed by atoms with Crippen molar-refractivity contribution < 1.29 is 4.74 Å². The molecular formula is C2H6N2O. The van der Waals surface area contributed by atoms with Gasteiger partial charge in [-0.2, -0.15) is 0 Å². The maximum Gasteiger partial charge on any atom is 0.144 e. The molecule has 1 heterocycles. The van der Waals surface area contributed by atoms with Gasteiger partial charge in [-0.05, 0) is 0 Å². The summed E-state index contributed by atoms with van der Waals surface area (Å²) < 4.78 is 4.62. The van der Waals surface area contributed by atoms with Crippen LogP contribution in [0.25, 0.3) is 0 Å². The van der Waals surface area contributed by atoms with Crippen molar-refractivity contribution in [3.05, 3.63) is 0 Å². The normalized spacial score (nSPS) is 34.2. The first-order valence-electron chi connectivity index (χ1n) is 1.51. The topological polar surface area (TPSA) is 50.6 Å². The molecular weight excluding hydrogens is 68.0 g/mol. The molecule has 0 bridgehead atoms. The van der Waals surface area contributed by atoms with Gasteiger partial charge in [-0.15, -0.1) is 0 Å². The lowest BCUT2D eigenvalue weighted by Gasteiger charge is -1.77. The van der Waals surface area contributed by atoms with Gasteiger partial charge in [0.1, 0.15) is 6.23 Å². The summed E-state index contributed by atoms with van der Waals surface area (Å²) in [4.78, 5) is 0. The molecule has 3 N–H and O–H groups in total. The Hall–Kier alpha value is -0.120. The summed E-state index contributed by atoms with van der Waals surface area (Å²) in [6, 6.07) is 0. The van der Waals surface area contributed by atoms with Gasteiger partial charge in [0.25, 0.3) is 0 Å². The Morgan fingerprint density at radius 3 is 2.60 bits per heavy atom. The van der Waals surface area contributed by atoms with Gasteiger partial charge in [0.2, 0.25) is 0 Å². The number of hydrogen-bond acceptors (Lipinski definition) is 3. The van der Waals surface area contributed by atoms with E-state index in [9.17, 15) is 0 Å². The van der Waals surface area contributed by atoms with Crippen LogP contribution in [-0.4, -0.2) is 12.8 Å². The molecule has 1 fully saturated rings. The fourth-order valence-electron chi connectivity index (χ4n) is 0.144. The second-order valence-corrected chi connectivity index (χ2v) is 0.989. The summed E-state index contributed by atoms with van der Waals surface area (Å²) in [5.74, 6) is 4.86. The van der Waals surface area contributed by atoms with Crippen molar-refractivity contribution in [3.63, 3.8) is 0 Å². The van der Waals surface area contributed by atoms with Gasteiger partial charge in [-0.3, -0.25) is 5.84 Å². The third-order valence-electron chi connectivity index (χ3n) is 0.519. The number of rotatable bonds is 1. The highest BCUT2D eigenvalue weighted by Gasteiger charge is 2.18. The minimum absolute atomic E-state index is 0.162. The molecule has 5 heavy (non-hydrogen) atoms. The van der Waals surface area contributed by atoms with Gasteiger partial charge in [-0.1, -0.05) is 0 Å². The van der Waals surface area contributed by atoms with Crippen molar-refractivity contribution in [2.45, 2.75) is 6.23 Å². The van der Waals surface area contributed by atoms with E-state index >= 15 is 0 Å². The molecule has 0 saturated carbocycles. The van der Waals surface area contributed by atoms with Crippen LogP contribution in [0.2, 0.25) is 0 Å². The number of epoxide rings is 1. The van der Waals surface area contributed by atoms with E-state index in [0.29, 0.717) is 0 Å². The summed E-state index contributed by atoms with van der Waals surface area (Å²) in [6.07, 6.45) is 0.162. The molecule has 1 saturated heterocycles. The predicted octanol–water partition coefficient (Wildman–Crippen LogP) is -1.19. The second-order valence-electron chi connectivity index (χ2n) is 0.989. The monoisotopic (exact) mass is 74.0 g/mol. The van der Waals surface area contributed by atoms with Gasteiger partial charge >= 0.3 is 0 Å². The Kier molecular flexibility index (Phi) is 0.574. The van der Waals surface area contributed by atoms with Crippen molar-refractivity contribution in [3.8, 4) is 0 Å². The van der Waals surface area contributed by atoms with E-state index in [-0.39, 0.29) is 6.23 Å². The Bertz CT molecular complexity index is 34.6. The minimum Gasteiger partial charge on any atom is -0.355 e. The lowest BCUT2D eigenvalue weighted by atomic mass is 10.8. The Labute approximate surface area is 30.1 Å². The fraction of sp³-hybridized carbons (Fsp3) is 1.00. The van der Waals surface area contributed by atoms with Crippen LogP contribution in [0.1, 0.15) is 0 Å². The van der Waals surface area contributed by atoms with E-state index < -0.39 is 0 Å². The summed E-state index contributed by atoms with van der Waals surface area (Å²) in [5, 5.41) is 0. The van der Waals surface area contributed by atoms with Gasteiger partial charge in [0, 0.05) is 0 Å². The van der Waals surface area contributed by atoms with Crippen molar-refractivity contribution in [1.29, 1.82) is 0 Å². The predicted molar refractivity (Wildman–Crippen MR) is 17.1 cm³/mol. The van der Waals surface area contributed by atoms with Crippen LogP contribution < -0.4 is 11.3 Å². The van der Waals surface area contributed by atoms with Crippen LogP contribution in [0, 0.1) is 0 Å². The average molecular weight is 74.1 g/mol. The molecule has 0 aromatic rings. The first-order valence-corrected chi connectivity index (χ1v) is 1.51. The molecule has 1 unspecified atom stereocenters. The Morgan fingerprint density at radius 1 is 2.00 bits per heavy atom. The molecule has 0 spiro atoms. The molecule has 1 atom stereocenters. The molecule has 3 heteroatoms. The molecule has 0 aromatic heterocycles. The Morgan fingerprint density at radius 2 is 2.60 bits per heavy atom. The highest BCUT2D eigenvalue weighted by molar-refractivity contribution is 4.59. The number of nitrogens with two attached hydrogens (primary N) is 1. The quantitative estimate of drug-likeness (QED) is 0.233. The first-order chi connectivity index (χ1) is 2.43. The van der Waals surface area contributed by atoms with E-state index in [0.717, 1.165) is 6.61 Å². The summed E-state index contributed by atoms with van der Waals surface area (Å²) in [6.45, 7) is 0.774. The number of hydrogen-bond donors (Lipinski definition) is 2. The van der Waals surface area contributed by atoms with Gasteiger partial charge in [0.15, 0.2) is 0 Å². The minimum atomic E-state index is 0.162. The maximum atomic E-state index is 4.86. The summed E-state index contributed by atoms with van der Waals surface area (Å²) >= 11 is 0. The van der Waals surface area contributed by atoms with Gasteiger partial charge in [-0.25, -0.2) is 5.43 Å². The largest absolute Gasteiger partial charge is 0.355 e. The molecule has 0 aromatic carbocycles. The van der Waals surface area contributed by atoms with E-state index in [1.807, 2.05) is 0 Å². The smallest absolute Gasteiger partial charge is 0.144 e. The number of ether oxygens (including phenoxy) is 1. The van der Waals surface area contributed by atoms with Crippen molar-refractivity contribution in [1.82, 2.24) is 5.43 Å². The number of nitrogens with one attached hydrogen (secondary N) is 1. The van der Waals surface area contributed by atoms with Crippen LogP contribution in [0.15, 0.2) is 0 Å². The first kappa shape index (κ1) is 3.08. The Balaban J connectivity index is 2.00. The molecule has 3 nitrogen and oxygen atoms in total. The number of hydrazine groups is 1. The zero-order chi connectivity index (χ0) is 3.70. The van der Waals surface area contributed by atoms with Crippen molar-refractivity contribution in [2.75, 3.05) is 6.61 Å². The summed E-state index contributed by atoms with van der Waals surface area (Å²) in [7, 11) is 0. The molecule has 0 amide bonds. The van der Waals surface area contributed by atoms with Gasteiger partial charge < -0.3 is 4.74 Å². The molecule has 1 aliphatic rings. The standard InChI is InChI=1S/C2H6N2O/c3-4-2-1-5-2/h2,4H,1,3H2. The van der Waals surface area contributed by atoms with Crippen LogP contribution in [0.3, 0.4) is 0 Å². The van der Waals surface area contributed by atoms with E-state index in [1.165, 1.54) is 0 Å². The second kappa shape index (κ2) is 0.931. The molecule has 30 valence electrons. The van der Waals surface area contributed by atoms with Crippen molar-refractivity contribution in [2.24, 2.45) is 5.84 Å². The van der Waals surface area contributed by atoms with E-state index in [4.69, 9.17) is 5.84 Å². The van der Waals surface area contributed by atoms with E-state index in [2.05, 4.69) is 10.2 Å². The van der Waals surface area contributed by atoms with Crippen LogP contribution in [-0.2, 0) is 4.74 Å². The molecule has 0 aliphatic carbocycles. The van der Waals surface area contributed by atoms with Crippen LogP contribution in [0.5, 0.6) is 0 Å². The van der Waals surface area contributed by atoms with Crippen LogP contribution in [0.4, 0.5) is 0 Å². The lowest BCUT2D eigenvalue weighted by molar-refractivity contribution is 0.373. The highest BCUT2D eigenvalue weighted by Crippen LogP contribution is 1.99. The zero-order valence-corrected chi connectivity index (χ0v) is 2.77. The zero-order valence-electron chi connectivity index (χ0n) is 2.77. The third-order valence-corrected chi connectivity index (χ3v) is 0.519. The molecule has 1 aliphatic heterocycles. The van der Waals surface area contributed by atoms with E-state index in [1.54, 1.807) is 0 Å². The molecule has 1 rings (SSSR count). The SMILES string of the molecule is NNC1CO1. The molecule has 0 radical (unpaired) electrons. The average Bonchev–Trinajstić information content (AvgIpc) is 2.12. The maximum absolute atomic E-state index is 4.86. The summed E-state index contributed by atoms with van der Waals surface area (Å²) in [5.41, 5.74) is 2.42.